The highest BCUT2D eigenvalue weighted by atomic mass is 16.6. The molecule has 2 atom stereocenters. The van der Waals surface area contributed by atoms with E-state index in [1.165, 1.54) is 0 Å². The van der Waals surface area contributed by atoms with Gasteiger partial charge in [0.2, 0.25) is 0 Å². The molecule has 0 saturated carbocycles. The van der Waals surface area contributed by atoms with Crippen LogP contribution in [0.4, 0.5) is 0 Å². The van der Waals surface area contributed by atoms with Crippen LogP contribution < -0.4 is 4.74 Å². The van der Waals surface area contributed by atoms with Gasteiger partial charge in [-0.2, -0.15) is 0 Å². The predicted molar refractivity (Wildman–Crippen MR) is 68.5 cm³/mol. The number of cyclic esters (lactones) is 1. The summed E-state index contributed by atoms with van der Waals surface area (Å²) in [4.78, 5) is 13.5. The van der Waals surface area contributed by atoms with Gasteiger partial charge < -0.3 is 9.47 Å². The highest BCUT2D eigenvalue weighted by Gasteiger charge is 2.34. The average molecular weight is 249 g/mol. The lowest BCUT2D eigenvalue weighted by atomic mass is 10.1. The quantitative estimate of drug-likeness (QED) is 0.745. The van der Waals surface area contributed by atoms with Crippen LogP contribution in [0.5, 0.6) is 5.75 Å². The summed E-state index contributed by atoms with van der Waals surface area (Å²) in [5.74, 6) is 0.734. The van der Waals surface area contributed by atoms with Crippen LogP contribution in [0.2, 0.25) is 0 Å². The molecule has 1 heterocycles. The molecule has 0 N–H and O–H groups in total. The molecule has 1 saturated heterocycles. The minimum absolute atomic E-state index is 0.0278. The molecule has 0 aromatic heterocycles. The summed E-state index contributed by atoms with van der Waals surface area (Å²) in [7, 11) is 1.93. The number of para-hydroxylation sites is 1. The summed E-state index contributed by atoms with van der Waals surface area (Å²) < 4.78 is 10.7. The molecule has 0 spiro atoms. The van der Waals surface area contributed by atoms with Crippen LogP contribution in [0.25, 0.3) is 0 Å². The van der Waals surface area contributed by atoms with Crippen LogP contribution in [-0.2, 0) is 9.53 Å². The van der Waals surface area contributed by atoms with Gasteiger partial charge in [0, 0.05) is 13.0 Å². The Bertz CT molecular complexity index is 393. The Morgan fingerprint density at radius 3 is 2.72 bits per heavy atom. The van der Waals surface area contributed by atoms with Crippen molar-refractivity contribution in [2.24, 2.45) is 0 Å². The average Bonchev–Trinajstić information content (AvgIpc) is 2.70. The summed E-state index contributed by atoms with van der Waals surface area (Å²) in [5, 5.41) is 0. The van der Waals surface area contributed by atoms with E-state index in [0.717, 1.165) is 12.2 Å². The Labute approximate surface area is 107 Å². The fraction of sp³-hybridized carbons (Fsp3) is 0.500. The second-order valence-corrected chi connectivity index (χ2v) is 4.64. The molecule has 0 bridgehead atoms. The Hall–Kier alpha value is -1.55. The van der Waals surface area contributed by atoms with Gasteiger partial charge in [-0.25, -0.2) is 0 Å². The molecule has 2 rings (SSSR count). The van der Waals surface area contributed by atoms with Gasteiger partial charge in [-0.1, -0.05) is 18.2 Å². The lowest BCUT2D eigenvalue weighted by Gasteiger charge is -2.20. The molecule has 98 valence electrons. The van der Waals surface area contributed by atoms with Crippen molar-refractivity contribution < 1.29 is 14.3 Å². The molecule has 4 nitrogen and oxygen atoms in total. The highest BCUT2D eigenvalue weighted by Crippen LogP contribution is 2.18. The fourth-order valence-corrected chi connectivity index (χ4v) is 2.08. The summed E-state index contributed by atoms with van der Waals surface area (Å²) in [6.07, 6.45) is 0.792. The minimum Gasteiger partial charge on any atom is -0.492 e. The predicted octanol–water partition coefficient (Wildman–Crippen LogP) is 1.70. The van der Waals surface area contributed by atoms with Crippen molar-refractivity contribution in [3.05, 3.63) is 30.3 Å². The second kappa shape index (κ2) is 5.87. The number of hydrogen-bond donors (Lipinski definition) is 0. The number of rotatable bonds is 5. The van der Waals surface area contributed by atoms with Gasteiger partial charge in [0.1, 0.15) is 24.5 Å². The molecular weight excluding hydrogens is 230 g/mol. The van der Waals surface area contributed by atoms with Gasteiger partial charge in [0.25, 0.3) is 0 Å². The van der Waals surface area contributed by atoms with Crippen molar-refractivity contribution in [3.63, 3.8) is 0 Å². The van der Waals surface area contributed by atoms with Crippen molar-refractivity contribution in [3.8, 4) is 5.75 Å². The number of carbonyl (C=O) groups excluding carboxylic acids is 1. The zero-order chi connectivity index (χ0) is 13.0. The van der Waals surface area contributed by atoms with Crippen LogP contribution in [0.1, 0.15) is 13.3 Å². The second-order valence-electron chi connectivity index (χ2n) is 4.64. The zero-order valence-electron chi connectivity index (χ0n) is 10.8. The Kier molecular flexibility index (Phi) is 4.20. The third-order valence-corrected chi connectivity index (χ3v) is 3.13. The molecule has 1 aromatic carbocycles. The van der Waals surface area contributed by atoms with E-state index in [0.29, 0.717) is 13.2 Å². The Morgan fingerprint density at radius 2 is 2.11 bits per heavy atom. The van der Waals surface area contributed by atoms with Gasteiger partial charge in [0.15, 0.2) is 0 Å². The van der Waals surface area contributed by atoms with Gasteiger partial charge >= 0.3 is 5.97 Å². The van der Waals surface area contributed by atoms with Gasteiger partial charge in [-0.3, -0.25) is 9.69 Å². The molecular formula is C14H19NO3. The lowest BCUT2D eigenvalue weighted by Crippen LogP contribution is -2.37. The summed E-state index contributed by atoms with van der Waals surface area (Å²) in [6.45, 7) is 3.20. The van der Waals surface area contributed by atoms with Crippen LogP contribution in [0.3, 0.4) is 0 Å². The maximum atomic E-state index is 11.6. The number of hydrogen-bond acceptors (Lipinski definition) is 4. The normalized spacial score (nSPS) is 23.2. The van der Waals surface area contributed by atoms with Crippen molar-refractivity contribution in [2.75, 3.05) is 20.2 Å². The van der Waals surface area contributed by atoms with Crippen LogP contribution in [0, 0.1) is 0 Å². The highest BCUT2D eigenvalue weighted by molar-refractivity contribution is 5.77. The third-order valence-electron chi connectivity index (χ3n) is 3.13. The molecule has 0 aliphatic carbocycles. The van der Waals surface area contributed by atoms with Gasteiger partial charge in [-0.05, 0) is 26.1 Å². The molecule has 1 aliphatic rings. The summed E-state index contributed by atoms with van der Waals surface area (Å²) >= 11 is 0. The van der Waals surface area contributed by atoms with E-state index < -0.39 is 0 Å². The number of nitrogens with zero attached hydrogens (tertiary/aromatic N) is 1. The van der Waals surface area contributed by atoms with Crippen LogP contribution in [-0.4, -0.2) is 43.2 Å². The van der Waals surface area contributed by atoms with Crippen molar-refractivity contribution in [2.45, 2.75) is 25.5 Å². The topological polar surface area (TPSA) is 38.8 Å². The number of ether oxygens (including phenoxy) is 2. The summed E-state index contributed by atoms with van der Waals surface area (Å²) in [5.41, 5.74) is 0. The van der Waals surface area contributed by atoms with E-state index >= 15 is 0 Å². The SMILES string of the molecule is CC1CC(N(C)CCOc2ccccc2)C(=O)O1. The van der Waals surface area contributed by atoms with Crippen molar-refractivity contribution in [1.82, 2.24) is 4.90 Å². The molecule has 1 fully saturated rings. The van der Waals surface area contributed by atoms with Crippen LogP contribution in [0.15, 0.2) is 30.3 Å². The molecule has 0 amide bonds. The first kappa shape index (κ1) is 12.9. The van der Waals surface area contributed by atoms with E-state index in [1.54, 1.807) is 0 Å². The zero-order valence-corrected chi connectivity index (χ0v) is 10.8. The number of benzene rings is 1. The standard InChI is InChI=1S/C14H19NO3/c1-11-10-13(14(16)18-11)15(2)8-9-17-12-6-4-3-5-7-12/h3-7,11,13H,8-10H2,1-2H3. The third kappa shape index (κ3) is 3.23. The van der Waals surface area contributed by atoms with Gasteiger partial charge in [0.05, 0.1) is 0 Å². The summed E-state index contributed by atoms with van der Waals surface area (Å²) in [6, 6.07) is 9.55. The molecule has 4 heteroatoms. The Morgan fingerprint density at radius 1 is 1.39 bits per heavy atom. The number of carbonyl (C=O) groups is 1. The molecule has 1 aromatic rings. The maximum absolute atomic E-state index is 11.6. The first-order valence-corrected chi connectivity index (χ1v) is 6.25. The largest absolute Gasteiger partial charge is 0.492 e. The first-order chi connectivity index (χ1) is 8.66. The van der Waals surface area contributed by atoms with Gasteiger partial charge in [-0.15, -0.1) is 0 Å². The van der Waals surface area contributed by atoms with Crippen molar-refractivity contribution in [1.29, 1.82) is 0 Å². The van der Waals surface area contributed by atoms with E-state index in [9.17, 15) is 4.79 Å². The fourth-order valence-electron chi connectivity index (χ4n) is 2.08. The van der Waals surface area contributed by atoms with Crippen molar-refractivity contribution >= 4 is 5.97 Å². The molecule has 18 heavy (non-hydrogen) atoms. The van der Waals surface area contributed by atoms with E-state index in [4.69, 9.17) is 9.47 Å². The maximum Gasteiger partial charge on any atom is 0.323 e. The smallest absolute Gasteiger partial charge is 0.323 e. The lowest BCUT2D eigenvalue weighted by molar-refractivity contribution is -0.144. The van der Waals surface area contributed by atoms with E-state index in [2.05, 4.69) is 0 Å². The Balaban J connectivity index is 1.75. The molecule has 0 radical (unpaired) electrons. The number of likely N-dealkylation sites (N-methyl/N-ethyl adjacent to an activating group) is 1. The van der Waals surface area contributed by atoms with Crippen LogP contribution >= 0.6 is 0 Å². The first-order valence-electron chi connectivity index (χ1n) is 6.25. The number of esters is 1. The van der Waals surface area contributed by atoms with E-state index in [1.807, 2.05) is 49.2 Å². The molecule has 2 unspecified atom stereocenters. The monoisotopic (exact) mass is 249 g/mol. The minimum atomic E-state index is -0.126. The molecule has 1 aliphatic heterocycles. The van der Waals surface area contributed by atoms with E-state index in [-0.39, 0.29) is 18.1 Å².